The Morgan fingerprint density at radius 1 is 1.47 bits per heavy atom. The number of hydrogen-bond donors (Lipinski definition) is 1. The topological polar surface area (TPSA) is 80.7 Å². The van der Waals surface area contributed by atoms with E-state index in [1.807, 2.05) is 0 Å². The third-order valence-corrected chi connectivity index (χ3v) is 4.52. The Morgan fingerprint density at radius 3 is 2.68 bits per heavy atom. The van der Waals surface area contributed by atoms with Gasteiger partial charge in [0.1, 0.15) is 4.90 Å². The number of rotatable bonds is 1. The minimum atomic E-state index is -4.46. The summed E-state index contributed by atoms with van der Waals surface area (Å²) in [7, 11) is -4.46. The van der Waals surface area contributed by atoms with Crippen molar-refractivity contribution in [1.29, 1.82) is 0 Å². The van der Waals surface area contributed by atoms with E-state index in [-0.39, 0.29) is 0 Å². The minimum absolute atomic E-state index is 0.446. The van der Waals surface area contributed by atoms with Crippen molar-refractivity contribution in [2.45, 2.75) is 29.8 Å². The first-order valence-electron chi connectivity index (χ1n) is 5.35. The molecule has 1 aromatic carbocycles. The van der Waals surface area contributed by atoms with Crippen LogP contribution in [0.15, 0.2) is 17.0 Å². The fourth-order valence-electron chi connectivity index (χ4n) is 1.79. The summed E-state index contributed by atoms with van der Waals surface area (Å²) in [5, 5.41) is 8.77. The fraction of sp³-hybridized carbons (Fsp3) is 0.364. The van der Waals surface area contributed by atoms with E-state index < -0.39 is 55.9 Å². The first kappa shape index (κ1) is 13.7. The van der Waals surface area contributed by atoms with Crippen LogP contribution in [0, 0.1) is 5.82 Å². The Balaban J connectivity index is 2.76. The van der Waals surface area contributed by atoms with Crippen LogP contribution in [0.5, 0.6) is 5.75 Å². The largest absolute Gasteiger partial charge is 0.486 e. The van der Waals surface area contributed by atoms with Crippen molar-refractivity contribution >= 4 is 15.8 Å². The average molecular weight is 292 g/mol. The normalized spacial score (nSPS) is 25.0. The molecule has 0 spiro atoms. The number of benzene rings is 1. The van der Waals surface area contributed by atoms with Gasteiger partial charge in [0.05, 0.1) is 11.7 Å². The lowest BCUT2D eigenvalue weighted by atomic mass is 10.2. The molecule has 2 atom stereocenters. The molecule has 2 rings (SSSR count). The quantitative estimate of drug-likeness (QED) is 0.853. The van der Waals surface area contributed by atoms with Crippen LogP contribution in [-0.2, 0) is 9.84 Å². The molecule has 0 saturated carbocycles. The maximum Gasteiger partial charge on any atom is 0.335 e. The molecule has 0 bridgehead atoms. The van der Waals surface area contributed by atoms with E-state index in [0.29, 0.717) is 12.1 Å². The third-order valence-electron chi connectivity index (χ3n) is 2.74. The lowest BCUT2D eigenvalue weighted by molar-refractivity contribution is 0.0696. The number of ether oxygens (including phenoxy) is 1. The molecule has 1 N–H and O–H groups in total. The molecular formula is C11H10F2O5S. The second-order valence-corrected chi connectivity index (χ2v) is 6.25. The Labute approximate surface area is 107 Å². The number of carboxylic acids is 1. The molecule has 0 aliphatic carbocycles. The zero-order chi connectivity index (χ0) is 14.4. The van der Waals surface area contributed by atoms with Crippen molar-refractivity contribution < 1.29 is 31.8 Å². The standard InChI is InChI=1S/C11H10F2O5S/c1-5-2-9(13)19(16,17)8-4-6(11(14)15)3-7(12)10(8)18-5/h3-5,9H,2H2,1H3,(H,14,15)/t5-,9-/m1/s1. The molecule has 104 valence electrons. The summed E-state index contributed by atoms with van der Waals surface area (Å²) in [6.45, 7) is 1.40. The third kappa shape index (κ3) is 2.27. The number of carbonyl (C=O) groups is 1. The Morgan fingerprint density at radius 2 is 2.11 bits per heavy atom. The first-order chi connectivity index (χ1) is 8.73. The van der Waals surface area contributed by atoms with Gasteiger partial charge >= 0.3 is 5.97 Å². The molecule has 0 radical (unpaired) electrons. The maximum atomic E-state index is 13.7. The summed E-state index contributed by atoms with van der Waals surface area (Å²) >= 11 is 0. The number of halogens is 2. The number of fused-ring (bicyclic) bond motifs is 1. The highest BCUT2D eigenvalue weighted by molar-refractivity contribution is 7.92. The van der Waals surface area contributed by atoms with E-state index >= 15 is 0 Å². The highest BCUT2D eigenvalue weighted by Crippen LogP contribution is 2.36. The van der Waals surface area contributed by atoms with Crippen molar-refractivity contribution in [2.75, 3.05) is 0 Å². The average Bonchev–Trinajstić information content (AvgIpc) is 2.37. The van der Waals surface area contributed by atoms with Crippen molar-refractivity contribution in [3.8, 4) is 5.75 Å². The van der Waals surface area contributed by atoms with Gasteiger partial charge in [-0.15, -0.1) is 0 Å². The van der Waals surface area contributed by atoms with Crippen molar-refractivity contribution in [3.63, 3.8) is 0 Å². The van der Waals surface area contributed by atoms with E-state index in [0.717, 1.165) is 0 Å². The van der Waals surface area contributed by atoms with Crippen LogP contribution in [0.25, 0.3) is 0 Å². The summed E-state index contributed by atoms with van der Waals surface area (Å²) in [5.74, 6) is -3.28. The molecule has 19 heavy (non-hydrogen) atoms. The van der Waals surface area contributed by atoms with Gasteiger partial charge in [0.15, 0.2) is 11.6 Å². The minimum Gasteiger partial charge on any atom is -0.486 e. The van der Waals surface area contributed by atoms with Crippen molar-refractivity contribution in [3.05, 3.63) is 23.5 Å². The highest BCUT2D eigenvalue weighted by Gasteiger charge is 2.38. The van der Waals surface area contributed by atoms with Gasteiger partial charge in [-0.1, -0.05) is 0 Å². The molecule has 0 amide bonds. The second-order valence-electron chi connectivity index (χ2n) is 4.21. The van der Waals surface area contributed by atoms with Crippen LogP contribution in [0.2, 0.25) is 0 Å². The van der Waals surface area contributed by atoms with Crippen LogP contribution in [-0.4, -0.2) is 31.1 Å². The second kappa shape index (κ2) is 4.44. The van der Waals surface area contributed by atoms with Gasteiger partial charge in [0.2, 0.25) is 15.3 Å². The number of carboxylic acid groups (broad SMARTS) is 1. The molecule has 8 heteroatoms. The molecule has 0 saturated heterocycles. The van der Waals surface area contributed by atoms with E-state index in [9.17, 15) is 22.0 Å². The highest BCUT2D eigenvalue weighted by atomic mass is 32.2. The number of aromatic carboxylic acids is 1. The summed E-state index contributed by atoms with van der Waals surface area (Å²) in [6.07, 6.45) is -1.28. The van der Waals surface area contributed by atoms with Crippen LogP contribution in [0.1, 0.15) is 23.7 Å². The van der Waals surface area contributed by atoms with Crippen molar-refractivity contribution in [2.24, 2.45) is 0 Å². The van der Waals surface area contributed by atoms with Crippen molar-refractivity contribution in [1.82, 2.24) is 0 Å². The van der Waals surface area contributed by atoms with E-state index in [1.165, 1.54) is 6.92 Å². The summed E-state index contributed by atoms with van der Waals surface area (Å²) in [5.41, 5.74) is -2.84. The monoisotopic (exact) mass is 292 g/mol. The van der Waals surface area contributed by atoms with Crippen LogP contribution >= 0.6 is 0 Å². The van der Waals surface area contributed by atoms with Crippen LogP contribution < -0.4 is 4.74 Å². The maximum absolute atomic E-state index is 13.7. The van der Waals surface area contributed by atoms with Crippen LogP contribution in [0.3, 0.4) is 0 Å². The Bertz CT molecular complexity index is 641. The SMILES string of the molecule is C[C@@H]1C[C@H](F)S(=O)(=O)c2cc(C(=O)O)cc(F)c2O1. The smallest absolute Gasteiger partial charge is 0.335 e. The zero-order valence-electron chi connectivity index (χ0n) is 9.76. The molecule has 1 aliphatic heterocycles. The molecule has 1 aliphatic rings. The van der Waals surface area contributed by atoms with Crippen LogP contribution in [0.4, 0.5) is 8.78 Å². The van der Waals surface area contributed by atoms with Gasteiger partial charge in [-0.05, 0) is 19.1 Å². The van der Waals surface area contributed by atoms with E-state index in [2.05, 4.69) is 0 Å². The van der Waals surface area contributed by atoms with Gasteiger partial charge in [0.25, 0.3) is 0 Å². The molecule has 0 aromatic heterocycles. The lowest BCUT2D eigenvalue weighted by Gasteiger charge is -2.12. The fourth-order valence-corrected chi connectivity index (χ4v) is 3.29. The molecule has 1 aromatic rings. The molecular weight excluding hydrogens is 282 g/mol. The molecule has 0 fully saturated rings. The van der Waals surface area contributed by atoms with Gasteiger partial charge in [-0.2, -0.15) is 0 Å². The number of hydrogen-bond acceptors (Lipinski definition) is 4. The van der Waals surface area contributed by atoms with Gasteiger partial charge in [-0.3, -0.25) is 0 Å². The Kier molecular flexibility index (Phi) is 3.21. The lowest BCUT2D eigenvalue weighted by Crippen LogP contribution is -2.20. The predicted octanol–water partition coefficient (Wildman–Crippen LogP) is 1.76. The summed E-state index contributed by atoms with van der Waals surface area (Å²) < 4.78 is 56.2. The predicted molar refractivity (Wildman–Crippen MR) is 60.1 cm³/mol. The first-order valence-corrected chi connectivity index (χ1v) is 6.89. The molecule has 1 heterocycles. The Hall–Kier alpha value is -1.70. The van der Waals surface area contributed by atoms with Gasteiger partial charge < -0.3 is 9.84 Å². The summed E-state index contributed by atoms with van der Waals surface area (Å²) in [4.78, 5) is 10.0. The van der Waals surface area contributed by atoms with Gasteiger partial charge in [-0.25, -0.2) is 22.0 Å². The number of alkyl halides is 1. The van der Waals surface area contributed by atoms with E-state index in [1.54, 1.807) is 0 Å². The van der Waals surface area contributed by atoms with E-state index in [4.69, 9.17) is 9.84 Å². The number of sulfone groups is 1. The summed E-state index contributed by atoms with van der Waals surface area (Å²) in [6, 6.07) is 1.35. The zero-order valence-corrected chi connectivity index (χ0v) is 10.6. The molecule has 0 unspecified atom stereocenters. The molecule has 5 nitrogen and oxygen atoms in total. The van der Waals surface area contributed by atoms with Gasteiger partial charge in [0, 0.05) is 6.42 Å².